The van der Waals surface area contributed by atoms with Crippen LogP contribution in [-0.4, -0.2) is 17.6 Å². The van der Waals surface area contributed by atoms with E-state index in [0.29, 0.717) is 24.1 Å². The van der Waals surface area contributed by atoms with Gasteiger partial charge in [0.1, 0.15) is 5.78 Å². The monoisotopic (exact) mass is 333 g/mol. The second-order valence-corrected chi connectivity index (χ2v) is 7.66. The summed E-state index contributed by atoms with van der Waals surface area (Å²) in [6.07, 6.45) is 2.49. The standard InChI is InChI=1S/C19H27NO2S/c1-14-10-12-19(4,18(14,2)3)16(21)11-13-22-17(23)20-15-8-6-5-7-9-15/h5-9,14H,10-13H2,1-4H3,(H,20,23)/t14-,19-/m0/s1. The Kier molecular flexibility index (Phi) is 5.45. The Morgan fingerprint density at radius 3 is 2.52 bits per heavy atom. The van der Waals surface area contributed by atoms with Crippen molar-refractivity contribution in [1.29, 1.82) is 0 Å². The number of thiocarbonyl (C=S) groups is 1. The van der Waals surface area contributed by atoms with Crippen LogP contribution in [0.25, 0.3) is 0 Å². The predicted molar refractivity (Wildman–Crippen MR) is 98.5 cm³/mol. The fourth-order valence-electron chi connectivity index (χ4n) is 3.42. The van der Waals surface area contributed by atoms with E-state index in [0.717, 1.165) is 18.5 Å². The molecule has 4 heteroatoms. The molecule has 0 radical (unpaired) electrons. The molecule has 1 aliphatic carbocycles. The van der Waals surface area contributed by atoms with Crippen molar-refractivity contribution in [2.24, 2.45) is 16.7 Å². The van der Waals surface area contributed by atoms with Gasteiger partial charge in [0.2, 0.25) is 0 Å². The number of Topliss-reactive ketones (excluding diaryl/α,β-unsaturated/α-hetero) is 1. The summed E-state index contributed by atoms with van der Waals surface area (Å²) in [4.78, 5) is 12.7. The number of nitrogens with one attached hydrogen (secondary N) is 1. The Morgan fingerprint density at radius 1 is 1.30 bits per heavy atom. The Labute approximate surface area is 144 Å². The summed E-state index contributed by atoms with van der Waals surface area (Å²) in [6.45, 7) is 9.11. The Morgan fingerprint density at radius 2 is 1.96 bits per heavy atom. The quantitative estimate of drug-likeness (QED) is 0.784. The molecule has 0 heterocycles. The van der Waals surface area contributed by atoms with Crippen molar-refractivity contribution in [1.82, 2.24) is 0 Å². The topological polar surface area (TPSA) is 38.3 Å². The van der Waals surface area contributed by atoms with E-state index in [2.05, 4.69) is 33.0 Å². The van der Waals surface area contributed by atoms with Gasteiger partial charge in [-0.2, -0.15) is 0 Å². The van der Waals surface area contributed by atoms with Crippen molar-refractivity contribution in [3.8, 4) is 0 Å². The molecule has 0 saturated heterocycles. The molecule has 126 valence electrons. The summed E-state index contributed by atoms with van der Waals surface area (Å²) in [6, 6.07) is 9.64. The number of rotatable bonds is 5. The molecule has 0 aromatic heterocycles. The maximum absolute atomic E-state index is 12.7. The van der Waals surface area contributed by atoms with Crippen molar-refractivity contribution < 1.29 is 9.53 Å². The molecule has 0 amide bonds. The molecule has 1 aliphatic rings. The van der Waals surface area contributed by atoms with Gasteiger partial charge in [-0.25, -0.2) is 0 Å². The molecule has 0 spiro atoms. The lowest BCUT2D eigenvalue weighted by atomic mass is 9.63. The first-order valence-corrected chi connectivity index (χ1v) is 8.70. The molecule has 3 nitrogen and oxygen atoms in total. The van der Waals surface area contributed by atoms with Crippen LogP contribution in [0.2, 0.25) is 0 Å². The van der Waals surface area contributed by atoms with E-state index in [1.165, 1.54) is 0 Å². The van der Waals surface area contributed by atoms with Gasteiger partial charge < -0.3 is 10.1 Å². The summed E-state index contributed by atoms with van der Waals surface area (Å²) in [5, 5.41) is 3.33. The van der Waals surface area contributed by atoms with Gasteiger partial charge in [-0.15, -0.1) is 0 Å². The molecular formula is C19H27NO2S. The third-order valence-corrected chi connectivity index (χ3v) is 6.15. The van der Waals surface area contributed by atoms with Gasteiger partial charge >= 0.3 is 0 Å². The van der Waals surface area contributed by atoms with E-state index in [1.807, 2.05) is 30.3 Å². The molecule has 1 aromatic carbocycles. The predicted octanol–water partition coefficient (Wildman–Crippen LogP) is 4.82. The van der Waals surface area contributed by atoms with Crippen LogP contribution in [-0.2, 0) is 9.53 Å². The first-order valence-electron chi connectivity index (χ1n) is 8.29. The minimum atomic E-state index is -0.260. The molecule has 2 rings (SSSR count). The molecule has 1 N–H and O–H groups in total. The van der Waals surface area contributed by atoms with E-state index in [4.69, 9.17) is 17.0 Å². The number of hydrogen-bond acceptors (Lipinski definition) is 3. The normalized spacial score (nSPS) is 25.8. The zero-order valence-electron chi connectivity index (χ0n) is 14.5. The maximum atomic E-state index is 12.7. The fraction of sp³-hybridized carbons (Fsp3) is 0.579. The average Bonchev–Trinajstić information content (AvgIpc) is 2.72. The van der Waals surface area contributed by atoms with Gasteiger partial charge in [-0.3, -0.25) is 4.79 Å². The summed E-state index contributed by atoms with van der Waals surface area (Å²) in [7, 11) is 0. The Hall–Kier alpha value is -1.42. The summed E-state index contributed by atoms with van der Waals surface area (Å²) >= 11 is 5.17. The van der Waals surface area contributed by atoms with Gasteiger partial charge in [0, 0.05) is 17.5 Å². The van der Waals surface area contributed by atoms with Crippen LogP contribution in [0.4, 0.5) is 5.69 Å². The van der Waals surface area contributed by atoms with E-state index >= 15 is 0 Å². The van der Waals surface area contributed by atoms with E-state index in [9.17, 15) is 4.79 Å². The maximum Gasteiger partial charge on any atom is 0.261 e. The highest BCUT2D eigenvalue weighted by Crippen LogP contribution is 2.56. The van der Waals surface area contributed by atoms with Crippen molar-refractivity contribution in [2.45, 2.75) is 47.0 Å². The number of ketones is 1. The molecular weight excluding hydrogens is 306 g/mol. The summed E-state index contributed by atoms with van der Waals surface area (Å²) in [5.74, 6) is 0.854. The minimum Gasteiger partial charge on any atom is -0.470 e. The van der Waals surface area contributed by atoms with Crippen LogP contribution in [0.5, 0.6) is 0 Å². The highest BCUT2D eigenvalue weighted by molar-refractivity contribution is 7.80. The number of hydrogen-bond donors (Lipinski definition) is 1. The lowest BCUT2D eigenvalue weighted by Crippen LogP contribution is -2.40. The summed E-state index contributed by atoms with van der Waals surface area (Å²) < 4.78 is 5.52. The van der Waals surface area contributed by atoms with Gasteiger partial charge in [-0.05, 0) is 48.5 Å². The Balaban J connectivity index is 1.82. The van der Waals surface area contributed by atoms with Crippen LogP contribution in [0, 0.1) is 16.7 Å². The number of para-hydroxylation sites is 1. The summed E-state index contributed by atoms with van der Waals surface area (Å²) in [5.41, 5.74) is 0.665. The van der Waals surface area contributed by atoms with Gasteiger partial charge in [0.25, 0.3) is 5.17 Å². The van der Waals surface area contributed by atoms with Crippen LogP contribution in [0.1, 0.15) is 47.0 Å². The molecule has 2 atom stereocenters. The average molecular weight is 333 g/mol. The number of benzene rings is 1. The number of carbonyl (C=O) groups excluding carboxylic acids is 1. The highest BCUT2D eigenvalue weighted by atomic mass is 32.1. The van der Waals surface area contributed by atoms with Crippen molar-refractivity contribution >= 4 is 28.9 Å². The molecule has 23 heavy (non-hydrogen) atoms. The Bertz CT molecular complexity index is 570. The van der Waals surface area contributed by atoms with E-state index in [-0.39, 0.29) is 16.6 Å². The molecule has 1 saturated carbocycles. The lowest BCUT2D eigenvalue weighted by Gasteiger charge is -2.39. The first kappa shape index (κ1) is 17.9. The van der Waals surface area contributed by atoms with Crippen LogP contribution in [0.15, 0.2) is 30.3 Å². The van der Waals surface area contributed by atoms with Gasteiger partial charge in [0.05, 0.1) is 6.61 Å². The number of ether oxygens (including phenoxy) is 1. The fourth-order valence-corrected chi connectivity index (χ4v) is 3.62. The second kappa shape index (κ2) is 7.00. The largest absolute Gasteiger partial charge is 0.470 e. The second-order valence-electron chi connectivity index (χ2n) is 7.29. The third-order valence-electron chi connectivity index (χ3n) is 5.93. The number of carbonyl (C=O) groups is 1. The van der Waals surface area contributed by atoms with Crippen LogP contribution < -0.4 is 5.32 Å². The van der Waals surface area contributed by atoms with Crippen LogP contribution in [0.3, 0.4) is 0 Å². The van der Waals surface area contributed by atoms with E-state index < -0.39 is 0 Å². The third kappa shape index (κ3) is 3.74. The first-order chi connectivity index (χ1) is 10.8. The molecule has 0 aliphatic heterocycles. The lowest BCUT2D eigenvalue weighted by molar-refractivity contribution is -0.134. The van der Waals surface area contributed by atoms with Crippen molar-refractivity contribution in [3.05, 3.63) is 30.3 Å². The molecule has 1 aromatic rings. The number of anilines is 1. The highest BCUT2D eigenvalue weighted by Gasteiger charge is 2.53. The zero-order chi connectivity index (χ0) is 17.1. The van der Waals surface area contributed by atoms with Crippen molar-refractivity contribution in [3.63, 3.8) is 0 Å². The molecule has 0 unspecified atom stereocenters. The van der Waals surface area contributed by atoms with Gasteiger partial charge in [0.15, 0.2) is 0 Å². The molecule has 0 bridgehead atoms. The minimum absolute atomic E-state index is 0.0346. The zero-order valence-corrected chi connectivity index (χ0v) is 15.3. The molecule has 1 fully saturated rings. The van der Waals surface area contributed by atoms with E-state index in [1.54, 1.807) is 0 Å². The SMILES string of the molecule is C[C@H]1CC[C@@](C)(C(=O)CCOC(=S)Nc2ccccc2)C1(C)C. The van der Waals surface area contributed by atoms with Crippen LogP contribution >= 0.6 is 12.2 Å². The smallest absolute Gasteiger partial charge is 0.261 e. The van der Waals surface area contributed by atoms with Gasteiger partial charge in [-0.1, -0.05) is 45.9 Å². The van der Waals surface area contributed by atoms with Crippen molar-refractivity contribution in [2.75, 3.05) is 11.9 Å².